The Hall–Kier alpha value is -1.61. The molecule has 0 saturated heterocycles. The van der Waals surface area contributed by atoms with Crippen LogP contribution in [-0.2, 0) is 15.6 Å². The summed E-state index contributed by atoms with van der Waals surface area (Å²) >= 11 is 0. The number of aliphatic imine (C=N–C) groups is 1. The Morgan fingerprint density at radius 1 is 1.08 bits per heavy atom. The van der Waals surface area contributed by atoms with E-state index in [1.54, 1.807) is 0 Å². The summed E-state index contributed by atoms with van der Waals surface area (Å²) in [4.78, 5) is 4.21. The Bertz CT molecular complexity index is 817. The van der Waals surface area contributed by atoms with Crippen LogP contribution < -0.4 is 11.1 Å². The maximum absolute atomic E-state index is 12.1. The minimum absolute atomic E-state index is 0. The summed E-state index contributed by atoms with van der Waals surface area (Å²) in [6.07, 6.45) is 0.449. The number of halogens is 1. The first-order valence-corrected chi connectivity index (χ1v) is 10.1. The highest BCUT2D eigenvalue weighted by Crippen LogP contribution is 2.13. The van der Waals surface area contributed by atoms with Crippen molar-refractivity contribution in [3.63, 3.8) is 0 Å². The molecule has 0 radical (unpaired) electrons. The van der Waals surface area contributed by atoms with Gasteiger partial charge < -0.3 is 11.1 Å². The van der Waals surface area contributed by atoms with Crippen molar-refractivity contribution in [1.82, 2.24) is 0 Å². The Balaban J connectivity index is 0.00000338. The molecule has 0 amide bonds. The lowest BCUT2D eigenvalue weighted by Crippen LogP contribution is -2.23. The Morgan fingerprint density at radius 2 is 1.69 bits per heavy atom. The summed E-state index contributed by atoms with van der Waals surface area (Å²) in [6.45, 7) is 4.41. The van der Waals surface area contributed by atoms with E-state index < -0.39 is 9.84 Å². The number of rotatable bonds is 7. The molecule has 0 unspecified atom stereocenters. The normalized spacial score (nSPS) is 11.7. The second-order valence-electron chi connectivity index (χ2n) is 6.20. The van der Waals surface area contributed by atoms with Crippen molar-refractivity contribution < 1.29 is 8.42 Å². The van der Waals surface area contributed by atoms with Crippen molar-refractivity contribution >= 4 is 45.5 Å². The molecule has 0 aliphatic heterocycles. The molecule has 2 rings (SSSR count). The molecule has 7 heteroatoms. The molecule has 2 aromatic rings. The van der Waals surface area contributed by atoms with Crippen molar-refractivity contribution in [2.24, 2.45) is 10.7 Å². The molecule has 26 heavy (non-hydrogen) atoms. The Morgan fingerprint density at radius 3 is 2.31 bits per heavy atom. The number of anilines is 1. The van der Waals surface area contributed by atoms with Gasteiger partial charge in [-0.1, -0.05) is 36.4 Å². The highest BCUT2D eigenvalue weighted by molar-refractivity contribution is 14.0. The summed E-state index contributed by atoms with van der Waals surface area (Å²) in [6, 6.07) is 15.2. The number of hydrogen-bond donors (Lipinski definition) is 2. The minimum atomic E-state index is -3.13. The van der Waals surface area contributed by atoms with Gasteiger partial charge in [0.2, 0.25) is 0 Å². The molecule has 0 heterocycles. The predicted molar refractivity (Wildman–Crippen MR) is 120 cm³/mol. The van der Waals surface area contributed by atoms with Gasteiger partial charge in [0.05, 0.1) is 11.5 Å². The van der Waals surface area contributed by atoms with Gasteiger partial charge in [-0.15, -0.1) is 24.0 Å². The van der Waals surface area contributed by atoms with Crippen LogP contribution in [0.1, 0.15) is 23.1 Å². The van der Waals surface area contributed by atoms with Crippen LogP contribution in [0.5, 0.6) is 0 Å². The molecular weight excluding hydrogens is 461 g/mol. The van der Waals surface area contributed by atoms with Crippen molar-refractivity contribution in [2.75, 3.05) is 17.6 Å². The van der Waals surface area contributed by atoms with Gasteiger partial charge in [-0.3, -0.25) is 4.99 Å². The van der Waals surface area contributed by atoms with Crippen molar-refractivity contribution in [3.8, 4) is 0 Å². The molecule has 0 aliphatic carbocycles. The molecule has 142 valence electrons. The molecule has 0 spiro atoms. The van der Waals surface area contributed by atoms with E-state index in [0.29, 0.717) is 18.9 Å². The van der Waals surface area contributed by atoms with E-state index in [1.165, 1.54) is 0 Å². The smallest absolute Gasteiger partial charge is 0.193 e. The first-order valence-electron chi connectivity index (χ1n) is 8.24. The molecule has 0 aromatic heterocycles. The molecule has 0 aliphatic rings. The van der Waals surface area contributed by atoms with Gasteiger partial charge in [0.25, 0.3) is 0 Å². The van der Waals surface area contributed by atoms with Gasteiger partial charge in [-0.2, -0.15) is 0 Å². The molecule has 0 saturated carbocycles. The Kier molecular flexibility index (Phi) is 9.07. The number of hydrogen-bond acceptors (Lipinski definition) is 3. The van der Waals surface area contributed by atoms with E-state index in [9.17, 15) is 8.42 Å². The van der Waals surface area contributed by atoms with Gasteiger partial charge in [0, 0.05) is 12.2 Å². The number of guanidine groups is 1. The van der Waals surface area contributed by atoms with Gasteiger partial charge in [-0.05, 0) is 49.1 Å². The molecule has 0 atom stereocenters. The van der Waals surface area contributed by atoms with Crippen molar-refractivity contribution in [2.45, 2.75) is 26.0 Å². The van der Waals surface area contributed by atoms with Crippen molar-refractivity contribution in [3.05, 3.63) is 65.2 Å². The zero-order valence-electron chi connectivity index (χ0n) is 15.1. The largest absolute Gasteiger partial charge is 0.370 e. The van der Waals surface area contributed by atoms with Crippen LogP contribution in [-0.4, -0.2) is 26.7 Å². The topological polar surface area (TPSA) is 84.5 Å². The summed E-state index contributed by atoms with van der Waals surface area (Å²) in [5.74, 6) is 0.460. The molecule has 0 bridgehead atoms. The zero-order valence-corrected chi connectivity index (χ0v) is 18.3. The maximum Gasteiger partial charge on any atom is 0.193 e. The minimum Gasteiger partial charge on any atom is -0.370 e. The summed E-state index contributed by atoms with van der Waals surface area (Å²) in [7, 11) is -3.13. The first kappa shape index (κ1) is 22.4. The number of nitrogens with zero attached hydrogens (tertiary/aromatic N) is 1. The van der Waals surface area contributed by atoms with Gasteiger partial charge in [0.1, 0.15) is 0 Å². The van der Waals surface area contributed by atoms with Crippen LogP contribution in [0.4, 0.5) is 5.69 Å². The van der Waals surface area contributed by atoms with Crippen LogP contribution in [0.3, 0.4) is 0 Å². The van der Waals surface area contributed by atoms with Crippen LogP contribution in [0, 0.1) is 13.8 Å². The van der Waals surface area contributed by atoms with Crippen LogP contribution in [0.2, 0.25) is 0 Å². The summed E-state index contributed by atoms with van der Waals surface area (Å²) in [5, 5.41) is 3.04. The zero-order chi connectivity index (χ0) is 18.3. The van der Waals surface area contributed by atoms with E-state index in [2.05, 4.69) is 16.4 Å². The summed E-state index contributed by atoms with van der Waals surface area (Å²) < 4.78 is 24.2. The highest BCUT2D eigenvalue weighted by Gasteiger charge is 2.11. The number of nitrogens with one attached hydrogen (secondary N) is 1. The molecule has 0 fully saturated rings. The number of nitrogens with two attached hydrogens (primary N) is 1. The molecule has 3 N–H and O–H groups in total. The molecule has 2 aromatic carbocycles. The van der Waals surface area contributed by atoms with Crippen LogP contribution in [0.15, 0.2) is 53.5 Å². The van der Waals surface area contributed by atoms with E-state index in [4.69, 9.17) is 5.73 Å². The summed E-state index contributed by atoms with van der Waals surface area (Å²) in [5.41, 5.74) is 9.84. The highest BCUT2D eigenvalue weighted by atomic mass is 127. The molecule has 5 nitrogen and oxygen atoms in total. The predicted octanol–water partition coefficient (Wildman–Crippen LogP) is 3.65. The third-order valence-electron chi connectivity index (χ3n) is 3.62. The average molecular weight is 487 g/mol. The fourth-order valence-corrected chi connectivity index (χ4v) is 4.03. The maximum atomic E-state index is 12.1. The second-order valence-corrected chi connectivity index (χ2v) is 8.38. The van der Waals surface area contributed by atoms with Gasteiger partial charge >= 0.3 is 0 Å². The lowest BCUT2D eigenvalue weighted by molar-refractivity contribution is 0.593. The third kappa shape index (κ3) is 8.18. The number of aryl methyl sites for hydroxylation is 2. The van der Waals surface area contributed by atoms with Crippen LogP contribution in [0.25, 0.3) is 0 Å². The standard InChI is InChI=1S/C19H25N3O2S.HI/c1-15-11-16(2)13-18(12-15)22-19(20)21-9-6-10-25(23,24)14-17-7-4-3-5-8-17;/h3-5,7-8,11-13H,6,9-10,14H2,1-2H3,(H3,20,21,22);1H. The van der Waals surface area contributed by atoms with E-state index in [1.807, 2.05) is 56.3 Å². The Labute approximate surface area is 173 Å². The van der Waals surface area contributed by atoms with Gasteiger partial charge in [-0.25, -0.2) is 8.42 Å². The van der Waals surface area contributed by atoms with E-state index in [-0.39, 0.29) is 35.5 Å². The fourth-order valence-electron chi connectivity index (χ4n) is 2.62. The number of sulfone groups is 1. The fraction of sp³-hybridized carbons (Fsp3) is 0.316. The van der Waals surface area contributed by atoms with Gasteiger partial charge in [0.15, 0.2) is 15.8 Å². The average Bonchev–Trinajstić information content (AvgIpc) is 2.51. The van der Waals surface area contributed by atoms with E-state index >= 15 is 0 Å². The SMILES string of the molecule is Cc1cc(C)cc(NC(N)=NCCCS(=O)(=O)Cc2ccccc2)c1.I. The van der Waals surface area contributed by atoms with Crippen LogP contribution >= 0.6 is 24.0 Å². The molecular formula is C19H26IN3O2S. The lowest BCUT2D eigenvalue weighted by atomic mass is 10.1. The van der Waals surface area contributed by atoms with E-state index in [0.717, 1.165) is 22.4 Å². The van der Waals surface area contributed by atoms with Crippen molar-refractivity contribution in [1.29, 1.82) is 0 Å². The quantitative estimate of drug-likeness (QED) is 0.270. The third-order valence-corrected chi connectivity index (χ3v) is 5.30. The number of benzene rings is 2. The first-order chi connectivity index (χ1) is 11.8. The second kappa shape index (κ2) is 10.5. The monoisotopic (exact) mass is 487 g/mol. The lowest BCUT2D eigenvalue weighted by Gasteiger charge is -2.08.